The Kier molecular flexibility index (Phi) is 8.86. The van der Waals surface area contributed by atoms with Gasteiger partial charge in [0, 0.05) is 0 Å². The van der Waals surface area contributed by atoms with E-state index in [9.17, 15) is 0 Å². The molecule has 0 N–H and O–H groups in total. The van der Waals surface area contributed by atoms with Crippen molar-refractivity contribution < 1.29 is 0 Å². The van der Waals surface area contributed by atoms with Crippen molar-refractivity contribution >= 4 is 12.6 Å². The van der Waals surface area contributed by atoms with Crippen LogP contribution in [0.1, 0.15) is 72.1 Å². The molecule has 0 aliphatic rings. The van der Waals surface area contributed by atoms with Gasteiger partial charge in [-0.1, -0.05) is 46.5 Å². The van der Waals surface area contributed by atoms with Crippen LogP contribution in [0.4, 0.5) is 0 Å². The lowest BCUT2D eigenvalue weighted by atomic mass is 9.73. The van der Waals surface area contributed by atoms with Crippen molar-refractivity contribution in [3.05, 3.63) is 0 Å². The van der Waals surface area contributed by atoms with E-state index < -0.39 is 0 Å². The third kappa shape index (κ3) is 5.29. The van der Waals surface area contributed by atoms with Crippen LogP contribution < -0.4 is 0 Å². The summed E-state index contributed by atoms with van der Waals surface area (Å²) in [5, 5.41) is 0. The third-order valence-corrected chi connectivity index (χ3v) is 3.49. The van der Waals surface area contributed by atoms with Gasteiger partial charge in [0.25, 0.3) is 0 Å². The smallest absolute Gasteiger partial charge is 0.00926 e. The molecule has 14 heavy (non-hydrogen) atoms. The molecule has 0 saturated carbocycles. The van der Waals surface area contributed by atoms with Gasteiger partial charge in [0.2, 0.25) is 0 Å². The predicted molar refractivity (Wildman–Crippen MR) is 70.2 cm³/mol. The summed E-state index contributed by atoms with van der Waals surface area (Å²) in [7, 11) is 0. The Labute approximate surface area is 96.3 Å². The number of thiol groups is 1. The molecule has 0 saturated heterocycles. The minimum atomic E-state index is 0.626. The van der Waals surface area contributed by atoms with Gasteiger partial charge < -0.3 is 0 Å². The van der Waals surface area contributed by atoms with Crippen LogP contribution in [0.5, 0.6) is 0 Å². The summed E-state index contributed by atoms with van der Waals surface area (Å²) in [5.74, 6) is 1.06. The minimum absolute atomic E-state index is 0.626. The van der Waals surface area contributed by atoms with Gasteiger partial charge in [-0.15, -0.1) is 0 Å². The zero-order valence-electron chi connectivity index (χ0n) is 10.3. The molecule has 0 fully saturated rings. The van der Waals surface area contributed by atoms with E-state index in [1.807, 2.05) is 0 Å². The number of unbranched alkanes of at least 4 members (excludes halogenated alkanes) is 1. The van der Waals surface area contributed by atoms with Crippen LogP contribution in [0.15, 0.2) is 0 Å². The third-order valence-electron chi connectivity index (χ3n) is 3.26. The van der Waals surface area contributed by atoms with Crippen LogP contribution in [0.2, 0.25) is 0 Å². The predicted octanol–water partition coefficient (Wildman–Crippen LogP) is 5.08. The Hall–Kier alpha value is 0.350. The molecule has 0 atom stereocenters. The van der Waals surface area contributed by atoms with Crippen molar-refractivity contribution in [2.24, 2.45) is 5.41 Å². The molecule has 0 heterocycles. The molecule has 0 amide bonds. The second-order valence-corrected chi connectivity index (χ2v) is 5.02. The van der Waals surface area contributed by atoms with Gasteiger partial charge in [-0.2, -0.15) is 12.6 Å². The first-order valence-electron chi connectivity index (χ1n) is 6.35. The van der Waals surface area contributed by atoms with Crippen LogP contribution in [0.25, 0.3) is 0 Å². The van der Waals surface area contributed by atoms with Crippen LogP contribution in [0, 0.1) is 5.41 Å². The molecule has 0 aliphatic carbocycles. The molecule has 0 aromatic carbocycles. The molecular weight excluding hydrogens is 188 g/mol. The van der Waals surface area contributed by atoms with E-state index in [0.29, 0.717) is 5.41 Å². The number of rotatable bonds is 9. The molecule has 1 heteroatoms. The maximum atomic E-state index is 4.42. The molecular formula is C13H28S. The Bertz CT molecular complexity index is 103. The number of hydrogen-bond acceptors (Lipinski definition) is 1. The molecule has 0 bridgehead atoms. The highest BCUT2D eigenvalue weighted by molar-refractivity contribution is 7.80. The zero-order valence-corrected chi connectivity index (χ0v) is 11.2. The zero-order chi connectivity index (χ0) is 10.9. The normalized spacial score (nSPS) is 12.0. The standard InChI is InChI=1S/C13H28S/c1-4-7-10-13(8-5-2,9-6-3)11-12-14/h14H,4-12H2,1-3H3. The van der Waals surface area contributed by atoms with Crippen molar-refractivity contribution in [2.45, 2.75) is 72.1 Å². The first-order chi connectivity index (χ1) is 6.74. The van der Waals surface area contributed by atoms with Crippen LogP contribution >= 0.6 is 12.6 Å². The molecule has 0 nitrogen and oxygen atoms in total. The quantitative estimate of drug-likeness (QED) is 0.510. The van der Waals surface area contributed by atoms with Gasteiger partial charge in [-0.05, 0) is 36.9 Å². The topological polar surface area (TPSA) is 0 Å². The van der Waals surface area contributed by atoms with E-state index in [0.717, 1.165) is 5.75 Å². The largest absolute Gasteiger partial charge is 0.179 e. The summed E-state index contributed by atoms with van der Waals surface area (Å²) < 4.78 is 0. The highest BCUT2D eigenvalue weighted by Gasteiger charge is 2.26. The van der Waals surface area contributed by atoms with E-state index in [-0.39, 0.29) is 0 Å². The maximum Gasteiger partial charge on any atom is -0.00926 e. The van der Waals surface area contributed by atoms with Crippen molar-refractivity contribution in [3.8, 4) is 0 Å². The van der Waals surface area contributed by atoms with Crippen LogP contribution in [-0.4, -0.2) is 5.75 Å². The first kappa shape index (κ1) is 14.3. The van der Waals surface area contributed by atoms with E-state index in [4.69, 9.17) is 0 Å². The Morgan fingerprint density at radius 3 is 1.71 bits per heavy atom. The summed E-state index contributed by atoms with van der Waals surface area (Å²) >= 11 is 4.42. The lowest BCUT2D eigenvalue weighted by Gasteiger charge is -2.33. The minimum Gasteiger partial charge on any atom is -0.179 e. The molecule has 0 rings (SSSR count). The summed E-state index contributed by atoms with van der Waals surface area (Å²) in [4.78, 5) is 0. The van der Waals surface area contributed by atoms with Gasteiger partial charge in [0.15, 0.2) is 0 Å². The van der Waals surface area contributed by atoms with Crippen molar-refractivity contribution in [1.29, 1.82) is 0 Å². The van der Waals surface area contributed by atoms with E-state index in [1.54, 1.807) is 0 Å². The first-order valence-corrected chi connectivity index (χ1v) is 6.98. The van der Waals surface area contributed by atoms with E-state index >= 15 is 0 Å². The Balaban J connectivity index is 4.21. The van der Waals surface area contributed by atoms with Gasteiger partial charge in [-0.25, -0.2) is 0 Å². The highest BCUT2D eigenvalue weighted by atomic mass is 32.1. The average molecular weight is 216 g/mol. The summed E-state index contributed by atoms with van der Waals surface area (Å²) in [6, 6.07) is 0. The molecule has 0 aromatic rings. The molecule has 0 radical (unpaired) electrons. The van der Waals surface area contributed by atoms with Crippen molar-refractivity contribution in [1.82, 2.24) is 0 Å². The van der Waals surface area contributed by atoms with Crippen LogP contribution in [-0.2, 0) is 0 Å². The average Bonchev–Trinajstić information content (AvgIpc) is 2.16. The second-order valence-electron chi connectivity index (χ2n) is 4.58. The second kappa shape index (κ2) is 8.64. The fourth-order valence-electron chi connectivity index (χ4n) is 2.60. The van der Waals surface area contributed by atoms with Crippen molar-refractivity contribution in [2.75, 3.05) is 5.75 Å². The lowest BCUT2D eigenvalue weighted by Crippen LogP contribution is -2.21. The monoisotopic (exact) mass is 216 g/mol. The maximum absolute atomic E-state index is 4.42. The van der Waals surface area contributed by atoms with Crippen LogP contribution in [0.3, 0.4) is 0 Å². The number of hydrogen-bond donors (Lipinski definition) is 1. The van der Waals surface area contributed by atoms with E-state index in [1.165, 1.54) is 51.4 Å². The summed E-state index contributed by atoms with van der Waals surface area (Å²) in [6.45, 7) is 6.92. The fourth-order valence-corrected chi connectivity index (χ4v) is 3.07. The molecule has 0 spiro atoms. The SMILES string of the molecule is CCCCC(CCC)(CCC)CCS. The molecule has 86 valence electrons. The fraction of sp³-hybridized carbons (Fsp3) is 1.00. The van der Waals surface area contributed by atoms with Gasteiger partial charge in [0.05, 0.1) is 0 Å². The Morgan fingerprint density at radius 2 is 1.36 bits per heavy atom. The molecule has 0 aromatic heterocycles. The Morgan fingerprint density at radius 1 is 0.786 bits per heavy atom. The van der Waals surface area contributed by atoms with E-state index in [2.05, 4.69) is 33.4 Å². The molecule has 0 aliphatic heterocycles. The molecule has 0 unspecified atom stereocenters. The van der Waals surface area contributed by atoms with Gasteiger partial charge in [-0.3, -0.25) is 0 Å². The van der Waals surface area contributed by atoms with Gasteiger partial charge >= 0.3 is 0 Å². The van der Waals surface area contributed by atoms with Crippen molar-refractivity contribution in [3.63, 3.8) is 0 Å². The summed E-state index contributed by atoms with van der Waals surface area (Å²) in [5.41, 5.74) is 0.626. The van der Waals surface area contributed by atoms with Gasteiger partial charge in [0.1, 0.15) is 0 Å². The lowest BCUT2D eigenvalue weighted by molar-refractivity contribution is 0.200. The highest BCUT2D eigenvalue weighted by Crippen LogP contribution is 2.39. The summed E-state index contributed by atoms with van der Waals surface area (Å²) in [6.07, 6.45) is 10.9.